The molecule has 12 heavy (non-hydrogen) atoms. The maximum Gasteiger partial charge on any atom is 0.0514 e. The molecule has 0 bridgehead atoms. The summed E-state index contributed by atoms with van der Waals surface area (Å²) in [5.41, 5.74) is 6.88. The van der Waals surface area contributed by atoms with E-state index in [4.69, 9.17) is 28.9 Å². The van der Waals surface area contributed by atoms with Gasteiger partial charge in [0.2, 0.25) is 0 Å². The van der Waals surface area contributed by atoms with Crippen LogP contribution in [-0.2, 0) is 0 Å². The molecule has 0 unspecified atom stereocenters. The van der Waals surface area contributed by atoms with E-state index in [9.17, 15) is 0 Å². The molecule has 0 fully saturated rings. The van der Waals surface area contributed by atoms with Crippen LogP contribution in [0, 0.1) is 0 Å². The Morgan fingerprint density at radius 1 is 1.42 bits per heavy atom. The monoisotopic (exact) mass is 219 g/mol. The largest absolute Gasteiger partial charge is 0.398 e. The van der Waals surface area contributed by atoms with E-state index in [1.54, 1.807) is 18.2 Å². The fraction of sp³-hybridized carbons (Fsp3) is 0. The second kappa shape index (κ2) is 4.08. The van der Waals surface area contributed by atoms with Gasteiger partial charge in [-0.25, -0.2) is 0 Å². The molecule has 2 N–H and O–H groups in total. The van der Waals surface area contributed by atoms with Gasteiger partial charge in [-0.3, -0.25) is 0 Å². The van der Waals surface area contributed by atoms with E-state index in [1.807, 2.05) is 0 Å². The molecule has 1 aromatic carbocycles. The highest BCUT2D eigenvalue weighted by Gasteiger charge is 2.02. The third-order valence-corrected chi connectivity index (χ3v) is 2.21. The minimum atomic E-state index is 0.528. The predicted octanol–water partition coefficient (Wildman–Crippen LogP) is 3.18. The summed E-state index contributed by atoms with van der Waals surface area (Å²) in [6.45, 7) is 0. The maximum atomic E-state index is 5.86. The molecular weight excluding hydrogens is 213 g/mol. The van der Waals surface area contributed by atoms with E-state index in [1.165, 1.54) is 5.41 Å². The highest BCUT2D eigenvalue weighted by atomic mass is 35.5. The van der Waals surface area contributed by atoms with Crippen molar-refractivity contribution in [2.75, 3.05) is 0 Å². The molecular formula is C8H7Cl2NS. The molecule has 0 radical (unpaired) electrons. The standard InChI is InChI=1S/C8H7Cl2NS/c9-5-1-2-6(7(10)3-5)8(11)4-12/h1-4,12H,11H2/b8-4-. The SMILES string of the molecule is N/C(=C\S)c1ccc(Cl)cc1Cl. The first-order chi connectivity index (χ1) is 5.65. The Hall–Kier alpha value is -0.310. The molecule has 4 heteroatoms. The van der Waals surface area contributed by atoms with Crippen LogP contribution in [0.15, 0.2) is 23.6 Å². The molecule has 0 aliphatic rings. The van der Waals surface area contributed by atoms with Gasteiger partial charge in [0.05, 0.1) is 5.02 Å². The van der Waals surface area contributed by atoms with Crippen molar-refractivity contribution >= 4 is 41.5 Å². The number of benzene rings is 1. The summed E-state index contributed by atoms with van der Waals surface area (Å²) in [5.74, 6) is 0. The molecule has 1 rings (SSSR count). The quantitative estimate of drug-likeness (QED) is 0.698. The minimum absolute atomic E-state index is 0.528. The normalized spacial score (nSPS) is 11.8. The van der Waals surface area contributed by atoms with Gasteiger partial charge in [-0.15, -0.1) is 12.6 Å². The summed E-state index contributed by atoms with van der Waals surface area (Å²) in [5, 5.41) is 2.62. The van der Waals surface area contributed by atoms with E-state index >= 15 is 0 Å². The second-order valence-corrected chi connectivity index (χ2v) is 3.31. The average molecular weight is 220 g/mol. The lowest BCUT2D eigenvalue weighted by atomic mass is 10.2. The Balaban J connectivity index is 3.18. The molecule has 0 saturated heterocycles. The molecule has 0 amide bonds. The Morgan fingerprint density at radius 2 is 2.08 bits per heavy atom. The van der Waals surface area contributed by atoms with Crippen LogP contribution in [0.2, 0.25) is 10.0 Å². The average Bonchev–Trinajstić information content (AvgIpc) is 2.03. The van der Waals surface area contributed by atoms with Crippen molar-refractivity contribution < 1.29 is 0 Å². The molecule has 0 spiro atoms. The minimum Gasteiger partial charge on any atom is -0.398 e. The van der Waals surface area contributed by atoms with Crippen molar-refractivity contribution in [2.24, 2.45) is 5.73 Å². The lowest BCUT2D eigenvalue weighted by Crippen LogP contribution is -1.95. The Morgan fingerprint density at radius 3 is 2.58 bits per heavy atom. The van der Waals surface area contributed by atoms with E-state index < -0.39 is 0 Å². The fourth-order valence-corrected chi connectivity index (χ4v) is 1.45. The topological polar surface area (TPSA) is 26.0 Å². The number of nitrogens with two attached hydrogens (primary N) is 1. The molecule has 0 saturated carbocycles. The van der Waals surface area contributed by atoms with Crippen LogP contribution in [0.1, 0.15) is 5.56 Å². The smallest absolute Gasteiger partial charge is 0.0514 e. The van der Waals surface area contributed by atoms with E-state index in [0.29, 0.717) is 15.7 Å². The zero-order chi connectivity index (χ0) is 9.14. The summed E-state index contributed by atoms with van der Waals surface area (Å²) >= 11 is 15.5. The molecule has 0 heterocycles. The summed E-state index contributed by atoms with van der Waals surface area (Å²) < 4.78 is 0. The molecule has 0 atom stereocenters. The van der Waals surface area contributed by atoms with Gasteiger partial charge in [0.25, 0.3) is 0 Å². The van der Waals surface area contributed by atoms with Crippen LogP contribution in [0.3, 0.4) is 0 Å². The molecule has 0 aromatic heterocycles. The fourth-order valence-electron chi connectivity index (χ4n) is 0.793. The Bertz CT molecular complexity index is 323. The van der Waals surface area contributed by atoms with Crippen molar-refractivity contribution in [1.82, 2.24) is 0 Å². The van der Waals surface area contributed by atoms with Crippen LogP contribution in [0.4, 0.5) is 0 Å². The van der Waals surface area contributed by atoms with Crippen molar-refractivity contribution in [3.63, 3.8) is 0 Å². The zero-order valence-corrected chi connectivity index (χ0v) is 8.50. The van der Waals surface area contributed by atoms with Gasteiger partial charge >= 0.3 is 0 Å². The summed E-state index contributed by atoms with van der Waals surface area (Å²) in [6, 6.07) is 5.13. The highest BCUT2D eigenvalue weighted by molar-refractivity contribution is 7.83. The van der Waals surface area contributed by atoms with E-state index in [0.717, 1.165) is 5.56 Å². The van der Waals surface area contributed by atoms with Crippen molar-refractivity contribution in [1.29, 1.82) is 0 Å². The Kier molecular flexibility index (Phi) is 3.32. The maximum absolute atomic E-state index is 5.86. The van der Waals surface area contributed by atoms with Gasteiger partial charge < -0.3 is 5.73 Å². The van der Waals surface area contributed by atoms with Gasteiger partial charge in [-0.2, -0.15) is 0 Å². The predicted molar refractivity (Wildman–Crippen MR) is 57.6 cm³/mol. The lowest BCUT2D eigenvalue weighted by Gasteiger charge is -2.03. The number of hydrogen-bond donors (Lipinski definition) is 2. The van der Waals surface area contributed by atoms with Gasteiger partial charge in [0.15, 0.2) is 0 Å². The van der Waals surface area contributed by atoms with Gasteiger partial charge in [0.1, 0.15) is 0 Å². The number of hydrogen-bond acceptors (Lipinski definition) is 2. The summed E-state index contributed by atoms with van der Waals surface area (Å²) in [6.07, 6.45) is 0. The first-order valence-electron chi connectivity index (χ1n) is 3.20. The van der Waals surface area contributed by atoms with Crippen molar-refractivity contribution in [2.45, 2.75) is 0 Å². The van der Waals surface area contributed by atoms with Crippen LogP contribution in [0.25, 0.3) is 5.70 Å². The summed E-state index contributed by atoms with van der Waals surface area (Å²) in [4.78, 5) is 0. The van der Waals surface area contributed by atoms with Gasteiger partial charge in [-0.1, -0.05) is 23.2 Å². The highest BCUT2D eigenvalue weighted by Crippen LogP contribution is 2.24. The van der Waals surface area contributed by atoms with Crippen LogP contribution < -0.4 is 5.73 Å². The zero-order valence-electron chi connectivity index (χ0n) is 6.09. The van der Waals surface area contributed by atoms with E-state index in [-0.39, 0.29) is 0 Å². The number of halogens is 2. The number of rotatable bonds is 1. The molecule has 0 aliphatic heterocycles. The van der Waals surface area contributed by atoms with Gasteiger partial charge in [0, 0.05) is 16.3 Å². The second-order valence-electron chi connectivity index (χ2n) is 2.21. The number of thiol groups is 1. The molecule has 64 valence electrons. The van der Waals surface area contributed by atoms with Crippen LogP contribution in [-0.4, -0.2) is 0 Å². The van der Waals surface area contributed by atoms with E-state index in [2.05, 4.69) is 12.6 Å². The first kappa shape index (κ1) is 9.78. The van der Waals surface area contributed by atoms with Crippen LogP contribution in [0.5, 0.6) is 0 Å². The molecule has 1 aromatic rings. The Labute approximate surface area is 86.6 Å². The third kappa shape index (κ3) is 2.09. The first-order valence-corrected chi connectivity index (χ1v) is 4.47. The third-order valence-electron chi connectivity index (χ3n) is 1.38. The molecule has 1 nitrogen and oxygen atoms in total. The summed E-state index contributed by atoms with van der Waals surface area (Å²) in [7, 11) is 0. The molecule has 0 aliphatic carbocycles. The lowest BCUT2D eigenvalue weighted by molar-refractivity contribution is 1.53. The van der Waals surface area contributed by atoms with Crippen molar-refractivity contribution in [3.05, 3.63) is 39.2 Å². The van der Waals surface area contributed by atoms with Gasteiger partial charge in [-0.05, 0) is 23.6 Å². The van der Waals surface area contributed by atoms with Crippen molar-refractivity contribution in [3.8, 4) is 0 Å². The van der Waals surface area contributed by atoms with Crippen LogP contribution >= 0.6 is 35.8 Å².